The monoisotopic (exact) mass is 502 g/mol. The van der Waals surface area contributed by atoms with Gasteiger partial charge in [0.1, 0.15) is 17.1 Å². The van der Waals surface area contributed by atoms with E-state index in [9.17, 15) is 15.2 Å². The molecule has 1 heterocycles. The Balaban J connectivity index is 0.00000392. The minimum atomic E-state index is -1.16. The van der Waals surface area contributed by atoms with Crippen LogP contribution in [0.4, 0.5) is 5.69 Å². The van der Waals surface area contributed by atoms with Gasteiger partial charge in [-0.2, -0.15) is 0 Å². The number of hydrogen-bond donors (Lipinski definition) is 3. The molecular formula is C19H27IN4O4. The number of aliphatic imine (C=N–C) groups is 1. The number of aliphatic hydroxyl groups is 1. The van der Waals surface area contributed by atoms with E-state index in [1.807, 2.05) is 26.8 Å². The number of halogens is 1. The van der Waals surface area contributed by atoms with E-state index >= 15 is 0 Å². The van der Waals surface area contributed by atoms with Gasteiger partial charge in [0.25, 0.3) is 5.69 Å². The van der Waals surface area contributed by atoms with Crippen molar-refractivity contribution >= 4 is 35.6 Å². The number of furan rings is 1. The van der Waals surface area contributed by atoms with Crippen molar-refractivity contribution < 1.29 is 14.4 Å². The fraction of sp³-hybridized carbons (Fsp3) is 0.421. The third kappa shape index (κ3) is 6.20. The van der Waals surface area contributed by atoms with Crippen LogP contribution in [0.25, 0.3) is 0 Å². The average molecular weight is 502 g/mol. The predicted molar refractivity (Wildman–Crippen MR) is 119 cm³/mol. The van der Waals surface area contributed by atoms with Crippen LogP contribution in [0.1, 0.15) is 36.5 Å². The molecule has 9 heteroatoms. The zero-order chi connectivity index (χ0) is 20.0. The fourth-order valence-corrected chi connectivity index (χ4v) is 2.85. The Bertz CT molecular complexity index is 833. The maximum absolute atomic E-state index is 11.1. The van der Waals surface area contributed by atoms with E-state index in [-0.39, 0.29) is 42.8 Å². The second kappa shape index (κ2) is 10.4. The van der Waals surface area contributed by atoms with Crippen molar-refractivity contribution in [3.05, 3.63) is 63.1 Å². The summed E-state index contributed by atoms with van der Waals surface area (Å²) in [4.78, 5) is 15.1. The summed E-state index contributed by atoms with van der Waals surface area (Å²) >= 11 is 0. The lowest BCUT2D eigenvalue weighted by Crippen LogP contribution is -2.44. The molecule has 0 amide bonds. The van der Waals surface area contributed by atoms with Crippen LogP contribution in [0.2, 0.25) is 0 Å². The first-order valence-electron chi connectivity index (χ1n) is 8.79. The number of nitro benzene ring substituents is 1. The maximum atomic E-state index is 11.1. The normalized spacial score (nSPS) is 13.4. The van der Waals surface area contributed by atoms with E-state index in [4.69, 9.17) is 4.42 Å². The summed E-state index contributed by atoms with van der Waals surface area (Å²) in [6, 6.07) is 8.32. The molecule has 0 fully saturated rings. The van der Waals surface area contributed by atoms with Crippen molar-refractivity contribution in [2.75, 3.05) is 13.1 Å². The van der Waals surface area contributed by atoms with Gasteiger partial charge in [-0.25, -0.2) is 4.99 Å². The molecule has 0 aliphatic carbocycles. The summed E-state index contributed by atoms with van der Waals surface area (Å²) in [5.74, 6) is 1.87. The Morgan fingerprint density at radius 1 is 1.32 bits per heavy atom. The van der Waals surface area contributed by atoms with Crippen LogP contribution in [0.5, 0.6) is 0 Å². The molecule has 2 aromatic rings. The number of nitrogens with one attached hydrogen (secondary N) is 2. The third-order valence-corrected chi connectivity index (χ3v) is 4.16. The molecule has 28 heavy (non-hydrogen) atoms. The van der Waals surface area contributed by atoms with Crippen molar-refractivity contribution in [2.24, 2.45) is 4.99 Å². The van der Waals surface area contributed by atoms with E-state index in [0.717, 1.165) is 5.76 Å². The van der Waals surface area contributed by atoms with Gasteiger partial charge < -0.3 is 20.2 Å². The van der Waals surface area contributed by atoms with Gasteiger partial charge in [0.05, 0.1) is 23.6 Å². The lowest BCUT2D eigenvalue weighted by molar-refractivity contribution is -0.385. The number of hydrogen-bond acceptors (Lipinski definition) is 5. The SMILES string of the molecule is CCNC(=NCc1ccccc1[N+](=O)[O-])NCC(C)(O)c1cc(C)oc1C.I. The molecule has 1 unspecified atom stereocenters. The number of nitro groups is 1. The number of aryl methyl sites for hydroxylation is 2. The first kappa shape index (κ1) is 23.9. The summed E-state index contributed by atoms with van der Waals surface area (Å²) < 4.78 is 5.50. The molecule has 1 aromatic carbocycles. The number of nitrogens with zero attached hydrogens (tertiary/aromatic N) is 2. The van der Waals surface area contributed by atoms with Crippen molar-refractivity contribution in [2.45, 2.75) is 39.8 Å². The van der Waals surface area contributed by atoms with E-state index < -0.39 is 10.5 Å². The standard InChI is InChI=1S/C19H26N4O4.HI/c1-5-20-18(21-11-15-8-6-7-9-17(15)23(25)26)22-12-19(4,24)16-10-13(2)27-14(16)3;/h6-10,24H,5,11-12H2,1-4H3,(H2,20,21,22);1H. The lowest BCUT2D eigenvalue weighted by Gasteiger charge is -2.24. The highest BCUT2D eigenvalue weighted by molar-refractivity contribution is 14.0. The maximum Gasteiger partial charge on any atom is 0.274 e. The van der Waals surface area contributed by atoms with Crippen LogP contribution in [-0.2, 0) is 12.1 Å². The molecule has 0 spiro atoms. The number of rotatable bonds is 7. The fourth-order valence-electron chi connectivity index (χ4n) is 2.85. The van der Waals surface area contributed by atoms with E-state index in [2.05, 4.69) is 15.6 Å². The Morgan fingerprint density at radius 2 is 2.00 bits per heavy atom. The average Bonchev–Trinajstić information content (AvgIpc) is 2.97. The van der Waals surface area contributed by atoms with Crippen molar-refractivity contribution in [3.63, 3.8) is 0 Å². The van der Waals surface area contributed by atoms with Gasteiger partial charge in [0, 0.05) is 18.2 Å². The lowest BCUT2D eigenvalue weighted by atomic mass is 9.96. The molecule has 0 aliphatic rings. The number of benzene rings is 1. The number of para-hydroxylation sites is 1. The van der Waals surface area contributed by atoms with Gasteiger partial charge in [-0.3, -0.25) is 10.1 Å². The summed E-state index contributed by atoms with van der Waals surface area (Å²) in [7, 11) is 0. The molecule has 0 aliphatic heterocycles. The Labute approximate surface area is 181 Å². The third-order valence-electron chi connectivity index (χ3n) is 4.16. The quantitative estimate of drug-likeness (QED) is 0.176. The largest absolute Gasteiger partial charge is 0.466 e. The van der Waals surface area contributed by atoms with Crippen molar-refractivity contribution in [1.82, 2.24) is 10.6 Å². The van der Waals surface area contributed by atoms with E-state index in [0.29, 0.717) is 29.4 Å². The summed E-state index contributed by atoms with van der Waals surface area (Å²) in [6.07, 6.45) is 0. The smallest absolute Gasteiger partial charge is 0.274 e. The molecule has 0 radical (unpaired) electrons. The minimum Gasteiger partial charge on any atom is -0.466 e. The van der Waals surface area contributed by atoms with Gasteiger partial charge in [0.2, 0.25) is 0 Å². The van der Waals surface area contributed by atoms with Crippen LogP contribution >= 0.6 is 24.0 Å². The summed E-state index contributed by atoms with van der Waals surface area (Å²) in [6.45, 7) is 8.23. The zero-order valence-corrected chi connectivity index (χ0v) is 18.8. The minimum absolute atomic E-state index is 0. The van der Waals surface area contributed by atoms with Gasteiger partial charge in [-0.05, 0) is 33.8 Å². The van der Waals surface area contributed by atoms with Gasteiger partial charge in [-0.15, -0.1) is 24.0 Å². The van der Waals surface area contributed by atoms with Crippen molar-refractivity contribution in [3.8, 4) is 0 Å². The molecule has 0 saturated carbocycles. The molecular weight excluding hydrogens is 475 g/mol. The second-order valence-electron chi connectivity index (χ2n) is 6.54. The van der Waals surface area contributed by atoms with Gasteiger partial charge in [-0.1, -0.05) is 18.2 Å². The molecule has 8 nitrogen and oxygen atoms in total. The Morgan fingerprint density at radius 3 is 2.57 bits per heavy atom. The van der Waals surface area contributed by atoms with E-state index in [1.54, 1.807) is 25.1 Å². The first-order valence-corrected chi connectivity index (χ1v) is 8.79. The van der Waals surface area contributed by atoms with Gasteiger partial charge >= 0.3 is 0 Å². The summed E-state index contributed by atoms with van der Waals surface area (Å²) in [5.41, 5.74) is 0.111. The van der Waals surface area contributed by atoms with Crippen molar-refractivity contribution in [1.29, 1.82) is 0 Å². The molecule has 2 rings (SSSR count). The zero-order valence-electron chi connectivity index (χ0n) is 16.5. The first-order chi connectivity index (χ1) is 12.7. The molecule has 0 saturated heterocycles. The highest BCUT2D eigenvalue weighted by atomic mass is 127. The Hall–Kier alpha value is -2.14. The van der Waals surface area contributed by atoms with Crippen LogP contribution in [0, 0.1) is 24.0 Å². The predicted octanol–water partition coefficient (Wildman–Crippen LogP) is 3.39. The highest BCUT2D eigenvalue weighted by Gasteiger charge is 2.28. The Kier molecular flexibility index (Phi) is 8.89. The van der Waals surface area contributed by atoms with Crippen LogP contribution in [-0.4, -0.2) is 29.1 Å². The molecule has 0 bridgehead atoms. The van der Waals surface area contributed by atoms with Gasteiger partial charge in [0.15, 0.2) is 5.96 Å². The van der Waals surface area contributed by atoms with E-state index in [1.165, 1.54) is 6.07 Å². The number of guanidine groups is 1. The topological polar surface area (TPSA) is 113 Å². The summed E-state index contributed by atoms with van der Waals surface area (Å²) in [5, 5.41) is 28.1. The molecule has 1 atom stereocenters. The second-order valence-corrected chi connectivity index (χ2v) is 6.54. The van der Waals surface area contributed by atoms with Crippen LogP contribution in [0.3, 0.4) is 0 Å². The van der Waals surface area contributed by atoms with Crippen LogP contribution < -0.4 is 10.6 Å². The van der Waals surface area contributed by atoms with Crippen LogP contribution in [0.15, 0.2) is 39.7 Å². The molecule has 154 valence electrons. The highest BCUT2D eigenvalue weighted by Crippen LogP contribution is 2.26. The molecule has 3 N–H and O–H groups in total. The molecule has 1 aromatic heterocycles.